The molecule has 2 aromatic rings. The van der Waals surface area contributed by atoms with Gasteiger partial charge in [0.2, 0.25) is 15.9 Å². The van der Waals surface area contributed by atoms with Crippen LogP contribution in [-0.4, -0.2) is 72.9 Å². The summed E-state index contributed by atoms with van der Waals surface area (Å²) in [5, 5.41) is 2.80. The summed E-state index contributed by atoms with van der Waals surface area (Å²) in [7, 11) is -3.78. The molecule has 0 atom stereocenters. The lowest BCUT2D eigenvalue weighted by Crippen LogP contribution is -2.42. The number of fused-ring (bicyclic) bond motifs is 1. The number of nitrogens with zero attached hydrogens (tertiary/aromatic N) is 3. The number of hydrogen-bond donors (Lipinski definition) is 1. The van der Waals surface area contributed by atoms with Crippen LogP contribution in [0.4, 0.5) is 0 Å². The zero-order valence-corrected chi connectivity index (χ0v) is 16.8. The number of imidazole rings is 1. The fourth-order valence-electron chi connectivity index (χ4n) is 3.33. The molecule has 0 radical (unpaired) electrons. The minimum absolute atomic E-state index is 0.132. The van der Waals surface area contributed by atoms with Gasteiger partial charge in [-0.25, -0.2) is 13.2 Å². The van der Waals surface area contributed by atoms with Gasteiger partial charge in [0.15, 0.2) is 0 Å². The molecule has 2 heterocycles. The third kappa shape index (κ3) is 4.45. The lowest BCUT2D eigenvalue weighted by molar-refractivity contribution is -0.121. The summed E-state index contributed by atoms with van der Waals surface area (Å²) in [4.78, 5) is 27.4. The second-order valence-corrected chi connectivity index (χ2v) is 8.68. The maximum Gasteiger partial charge on any atom is 0.343 e. The van der Waals surface area contributed by atoms with Crippen molar-refractivity contribution in [3.05, 3.63) is 34.7 Å². The number of carbonyl (C=O) groups excluding carboxylic acids is 1. The highest BCUT2D eigenvalue weighted by Gasteiger charge is 2.23. The van der Waals surface area contributed by atoms with Crippen molar-refractivity contribution in [1.82, 2.24) is 18.8 Å². The van der Waals surface area contributed by atoms with Gasteiger partial charge in [0.1, 0.15) is 6.54 Å². The average Bonchev–Trinajstić information content (AvgIpc) is 2.95. The highest BCUT2D eigenvalue weighted by atomic mass is 32.2. The van der Waals surface area contributed by atoms with Crippen molar-refractivity contribution in [3.63, 3.8) is 0 Å². The third-order valence-corrected chi connectivity index (χ3v) is 6.53. The summed E-state index contributed by atoms with van der Waals surface area (Å²) in [6, 6.07) is 6.62. The Morgan fingerprint density at radius 1 is 1.18 bits per heavy atom. The van der Waals surface area contributed by atoms with E-state index in [0.717, 1.165) is 17.1 Å². The summed E-state index contributed by atoms with van der Waals surface area (Å²) in [5.41, 5.74) is 0.00977. The van der Waals surface area contributed by atoms with Gasteiger partial charge >= 0.3 is 5.69 Å². The van der Waals surface area contributed by atoms with Gasteiger partial charge in [-0.1, -0.05) is 19.1 Å². The number of benzene rings is 1. The van der Waals surface area contributed by atoms with E-state index in [0.29, 0.717) is 43.8 Å². The molecule has 1 aliphatic heterocycles. The first-order chi connectivity index (χ1) is 13.4. The maximum atomic E-state index is 12.8. The average molecular weight is 410 g/mol. The lowest BCUT2D eigenvalue weighted by Gasteiger charge is -2.26. The first-order valence-corrected chi connectivity index (χ1v) is 11.1. The van der Waals surface area contributed by atoms with Crippen molar-refractivity contribution >= 4 is 27.0 Å². The minimum Gasteiger partial charge on any atom is -0.379 e. The first-order valence-electron chi connectivity index (χ1n) is 9.44. The molecule has 28 heavy (non-hydrogen) atoms. The van der Waals surface area contributed by atoms with Gasteiger partial charge in [0.25, 0.3) is 0 Å². The van der Waals surface area contributed by atoms with E-state index >= 15 is 0 Å². The van der Waals surface area contributed by atoms with E-state index in [-0.39, 0.29) is 18.2 Å². The number of carbonyl (C=O) groups is 1. The molecule has 0 spiro atoms. The Balaban J connectivity index is 1.76. The molecule has 1 amide bonds. The zero-order valence-electron chi connectivity index (χ0n) is 16.0. The Bertz CT molecular complexity index is 989. The van der Waals surface area contributed by atoms with E-state index in [4.69, 9.17) is 4.74 Å². The van der Waals surface area contributed by atoms with Crippen LogP contribution < -0.4 is 11.0 Å². The number of nitrogens with one attached hydrogen (secondary N) is 1. The Kier molecular flexibility index (Phi) is 6.53. The number of para-hydroxylation sites is 2. The van der Waals surface area contributed by atoms with Crippen LogP contribution in [0.15, 0.2) is 29.1 Å². The molecule has 0 bridgehead atoms. The molecule has 3 rings (SSSR count). The second kappa shape index (κ2) is 8.89. The van der Waals surface area contributed by atoms with E-state index in [1.54, 1.807) is 31.2 Å². The first kappa shape index (κ1) is 20.6. The molecule has 9 nitrogen and oxygen atoms in total. The van der Waals surface area contributed by atoms with E-state index < -0.39 is 15.7 Å². The van der Waals surface area contributed by atoms with Crippen LogP contribution in [0.3, 0.4) is 0 Å². The molecule has 0 saturated carbocycles. The predicted octanol–water partition coefficient (Wildman–Crippen LogP) is -0.161. The van der Waals surface area contributed by atoms with Crippen LogP contribution in [0.25, 0.3) is 11.0 Å². The summed E-state index contributed by atoms with van der Waals surface area (Å²) in [5.74, 6) is -0.460. The van der Waals surface area contributed by atoms with E-state index in [2.05, 4.69) is 10.2 Å². The minimum atomic E-state index is -3.78. The van der Waals surface area contributed by atoms with Crippen LogP contribution in [0, 0.1) is 0 Å². The normalized spacial score (nSPS) is 15.8. The highest BCUT2D eigenvalue weighted by Crippen LogP contribution is 2.15. The quantitative estimate of drug-likeness (QED) is 0.649. The lowest BCUT2D eigenvalue weighted by atomic mass is 10.3. The van der Waals surface area contributed by atoms with Gasteiger partial charge in [0, 0.05) is 26.2 Å². The maximum absolute atomic E-state index is 12.8. The van der Waals surface area contributed by atoms with E-state index in [1.165, 1.54) is 4.57 Å². The molecule has 1 aromatic carbocycles. The third-order valence-electron chi connectivity index (χ3n) is 4.69. The van der Waals surface area contributed by atoms with Crippen LogP contribution in [-0.2, 0) is 26.1 Å². The standard InChI is InChI=1S/C18H26N4O5S/c1-2-13-28(25,26)22-16-6-4-3-5-15(16)21(18(22)24)14-17(23)19-7-8-20-9-11-27-12-10-20/h3-6H,2,7-14H2,1H3,(H,19,23). The van der Waals surface area contributed by atoms with Crippen LogP contribution in [0.1, 0.15) is 13.3 Å². The molecule has 1 aromatic heterocycles. The van der Waals surface area contributed by atoms with Gasteiger partial charge in [-0.15, -0.1) is 0 Å². The smallest absolute Gasteiger partial charge is 0.343 e. The number of ether oxygens (including phenoxy) is 1. The molecule has 0 aliphatic carbocycles. The largest absolute Gasteiger partial charge is 0.379 e. The summed E-state index contributed by atoms with van der Waals surface area (Å²) in [6.07, 6.45) is 0.399. The van der Waals surface area contributed by atoms with Crippen molar-refractivity contribution in [2.45, 2.75) is 19.9 Å². The predicted molar refractivity (Wildman–Crippen MR) is 106 cm³/mol. The van der Waals surface area contributed by atoms with Crippen molar-refractivity contribution < 1.29 is 17.9 Å². The Morgan fingerprint density at radius 3 is 2.54 bits per heavy atom. The summed E-state index contributed by atoms with van der Waals surface area (Å²) >= 11 is 0. The van der Waals surface area contributed by atoms with Crippen molar-refractivity contribution in [2.75, 3.05) is 45.1 Å². The number of rotatable bonds is 8. The molecule has 0 unspecified atom stereocenters. The molecule has 154 valence electrons. The number of amides is 1. The molecular formula is C18H26N4O5S. The van der Waals surface area contributed by atoms with Gasteiger partial charge in [0.05, 0.1) is 30.0 Å². The highest BCUT2D eigenvalue weighted by molar-refractivity contribution is 7.90. The fraction of sp³-hybridized carbons (Fsp3) is 0.556. The summed E-state index contributed by atoms with van der Waals surface area (Å²) < 4.78 is 32.4. The van der Waals surface area contributed by atoms with Crippen LogP contribution >= 0.6 is 0 Å². The van der Waals surface area contributed by atoms with Gasteiger partial charge in [-0.2, -0.15) is 3.97 Å². The second-order valence-electron chi connectivity index (χ2n) is 6.74. The molecular weight excluding hydrogens is 384 g/mol. The van der Waals surface area contributed by atoms with Gasteiger partial charge in [-0.3, -0.25) is 14.3 Å². The fourth-order valence-corrected chi connectivity index (χ4v) is 4.82. The van der Waals surface area contributed by atoms with Gasteiger partial charge < -0.3 is 10.1 Å². The number of morpholine rings is 1. The molecule has 10 heteroatoms. The van der Waals surface area contributed by atoms with E-state index in [1.807, 2.05) is 0 Å². The van der Waals surface area contributed by atoms with E-state index in [9.17, 15) is 18.0 Å². The number of aromatic nitrogens is 2. The van der Waals surface area contributed by atoms with Crippen molar-refractivity contribution in [2.24, 2.45) is 0 Å². The molecule has 1 fully saturated rings. The Hall–Kier alpha value is -2.17. The Labute approximate surface area is 163 Å². The van der Waals surface area contributed by atoms with Crippen molar-refractivity contribution in [1.29, 1.82) is 0 Å². The number of hydrogen-bond acceptors (Lipinski definition) is 6. The monoisotopic (exact) mass is 410 g/mol. The summed E-state index contributed by atoms with van der Waals surface area (Å²) in [6.45, 7) is 5.72. The molecule has 1 saturated heterocycles. The van der Waals surface area contributed by atoms with Crippen LogP contribution in [0.5, 0.6) is 0 Å². The zero-order chi connectivity index (χ0) is 20.1. The molecule has 1 aliphatic rings. The Morgan fingerprint density at radius 2 is 1.86 bits per heavy atom. The SMILES string of the molecule is CCCS(=O)(=O)n1c(=O)n(CC(=O)NCCN2CCOCC2)c2ccccc21. The van der Waals surface area contributed by atoms with Crippen molar-refractivity contribution in [3.8, 4) is 0 Å². The molecule has 1 N–H and O–H groups in total. The topological polar surface area (TPSA) is 103 Å². The van der Waals surface area contributed by atoms with Gasteiger partial charge in [-0.05, 0) is 18.6 Å². The van der Waals surface area contributed by atoms with Crippen LogP contribution in [0.2, 0.25) is 0 Å².